The molecule has 0 spiro atoms. The number of allylic oxidation sites excluding steroid dienone is 1. The number of aromatic nitrogens is 1. The highest BCUT2D eigenvalue weighted by atomic mass is 79.9. The van der Waals surface area contributed by atoms with Gasteiger partial charge in [0, 0.05) is 16.7 Å². The van der Waals surface area contributed by atoms with Crippen LogP contribution >= 0.6 is 54.8 Å². The predicted octanol–water partition coefficient (Wildman–Crippen LogP) is 5.36. The minimum absolute atomic E-state index is 0.188. The zero-order valence-corrected chi connectivity index (χ0v) is 23.8. The molecule has 2 aromatic heterocycles. The number of esters is 1. The first kappa shape index (κ1) is 25.9. The molecule has 1 aliphatic heterocycles. The molecule has 0 N–H and O–H groups in total. The Kier molecular flexibility index (Phi) is 8.05. The molecule has 0 bridgehead atoms. The third-order valence-corrected chi connectivity index (χ3v) is 8.24. The molecule has 0 fully saturated rings. The molecule has 0 radical (unpaired) electrons. The molecule has 0 unspecified atom stereocenters. The Morgan fingerprint density at radius 1 is 1.31 bits per heavy atom. The van der Waals surface area contributed by atoms with E-state index in [-0.39, 0.29) is 12.2 Å². The number of halogens is 3. The van der Waals surface area contributed by atoms with Crippen molar-refractivity contribution in [3.63, 3.8) is 0 Å². The van der Waals surface area contributed by atoms with E-state index in [9.17, 15) is 9.59 Å². The van der Waals surface area contributed by atoms with Crippen molar-refractivity contribution in [1.82, 2.24) is 4.57 Å². The number of methoxy groups -OCH3 is 1. The number of carbonyl (C=O) groups excluding carboxylic acids is 1. The van der Waals surface area contributed by atoms with Crippen LogP contribution in [0.4, 0.5) is 0 Å². The van der Waals surface area contributed by atoms with Crippen molar-refractivity contribution in [2.75, 3.05) is 13.7 Å². The molecule has 184 valence electrons. The second-order valence-electron chi connectivity index (χ2n) is 7.57. The zero-order chi connectivity index (χ0) is 25.3. The van der Waals surface area contributed by atoms with Crippen molar-refractivity contribution in [2.45, 2.75) is 32.7 Å². The zero-order valence-electron chi connectivity index (χ0n) is 19.1. The number of fused-ring (bicyclic) bond motifs is 1. The SMILES string of the molecule is CCCC1=C(C(=O)OCC)[C@@H](c2cc(Cl)ccc2OC)n2c(s/c(=C/c3cc(Br)c(Br)o3)c2=O)=N1. The van der Waals surface area contributed by atoms with Gasteiger partial charge in [0.15, 0.2) is 9.47 Å². The number of hydrogen-bond donors (Lipinski definition) is 0. The van der Waals surface area contributed by atoms with Crippen LogP contribution in [-0.2, 0) is 9.53 Å². The first-order chi connectivity index (χ1) is 16.8. The summed E-state index contributed by atoms with van der Waals surface area (Å²) in [4.78, 5) is 32.2. The van der Waals surface area contributed by atoms with Gasteiger partial charge in [-0.2, -0.15) is 0 Å². The van der Waals surface area contributed by atoms with Crippen LogP contribution in [0.25, 0.3) is 6.08 Å². The highest BCUT2D eigenvalue weighted by molar-refractivity contribution is 9.13. The van der Waals surface area contributed by atoms with Crippen molar-refractivity contribution >= 4 is 66.8 Å². The van der Waals surface area contributed by atoms with E-state index in [1.165, 1.54) is 23.0 Å². The molecule has 4 rings (SSSR count). The summed E-state index contributed by atoms with van der Waals surface area (Å²) in [5.74, 6) is 0.455. The average molecular weight is 645 g/mol. The Balaban J connectivity index is 2.05. The van der Waals surface area contributed by atoms with Gasteiger partial charge in [0.1, 0.15) is 17.6 Å². The van der Waals surface area contributed by atoms with E-state index in [4.69, 9.17) is 30.5 Å². The Labute approximate surface area is 227 Å². The lowest BCUT2D eigenvalue weighted by atomic mass is 9.93. The molecular weight excluding hydrogens is 624 g/mol. The molecule has 7 nitrogen and oxygen atoms in total. The first-order valence-electron chi connectivity index (χ1n) is 10.8. The lowest BCUT2D eigenvalue weighted by Gasteiger charge is -2.27. The Morgan fingerprint density at radius 3 is 2.71 bits per heavy atom. The normalized spacial score (nSPS) is 15.7. The largest absolute Gasteiger partial charge is 0.496 e. The summed E-state index contributed by atoms with van der Waals surface area (Å²) in [6.45, 7) is 3.93. The topological polar surface area (TPSA) is 83.0 Å². The van der Waals surface area contributed by atoms with Gasteiger partial charge in [-0.3, -0.25) is 9.36 Å². The first-order valence-corrected chi connectivity index (χ1v) is 13.6. The van der Waals surface area contributed by atoms with Gasteiger partial charge in [0.2, 0.25) is 0 Å². The van der Waals surface area contributed by atoms with Gasteiger partial charge < -0.3 is 13.9 Å². The predicted molar refractivity (Wildman–Crippen MR) is 142 cm³/mol. The van der Waals surface area contributed by atoms with Crippen LogP contribution in [-0.4, -0.2) is 24.3 Å². The van der Waals surface area contributed by atoms with Crippen molar-refractivity contribution < 1.29 is 18.7 Å². The molecule has 0 aliphatic carbocycles. The fraction of sp³-hybridized carbons (Fsp3) is 0.292. The van der Waals surface area contributed by atoms with E-state index in [0.717, 1.165) is 10.9 Å². The molecule has 0 amide bonds. The Hall–Kier alpha value is -2.14. The van der Waals surface area contributed by atoms with Crippen LogP contribution in [0.3, 0.4) is 0 Å². The number of thiazole rings is 1. The van der Waals surface area contributed by atoms with Gasteiger partial charge >= 0.3 is 5.97 Å². The second-order valence-corrected chi connectivity index (χ2v) is 10.6. The maximum Gasteiger partial charge on any atom is 0.338 e. The third-order valence-electron chi connectivity index (χ3n) is 5.32. The highest BCUT2D eigenvalue weighted by Crippen LogP contribution is 2.38. The minimum Gasteiger partial charge on any atom is -0.496 e. The quantitative estimate of drug-likeness (QED) is 0.324. The smallest absolute Gasteiger partial charge is 0.338 e. The standard InChI is InChI=1S/C24H21Br2ClN2O5S/c1-4-6-16-19(23(31)33-5-2)20(14-9-12(27)7-8-17(14)32-3)29-22(30)18(35-24(29)28-16)11-13-10-15(25)21(26)34-13/h7-11,20H,4-6H2,1-3H3/b18-11+/t20-/m1/s1. The van der Waals surface area contributed by atoms with Gasteiger partial charge in [-0.15, -0.1) is 0 Å². The highest BCUT2D eigenvalue weighted by Gasteiger charge is 2.36. The summed E-state index contributed by atoms with van der Waals surface area (Å²) in [6, 6.07) is 6.05. The summed E-state index contributed by atoms with van der Waals surface area (Å²) in [6.07, 6.45) is 2.94. The fourth-order valence-corrected chi connectivity index (χ4v) is 5.69. The monoisotopic (exact) mass is 642 g/mol. The number of furan rings is 1. The average Bonchev–Trinajstić information content (AvgIpc) is 3.30. The molecular formula is C24H21Br2ClN2O5S. The molecule has 0 saturated heterocycles. The summed E-state index contributed by atoms with van der Waals surface area (Å²) >= 11 is 14.3. The van der Waals surface area contributed by atoms with E-state index < -0.39 is 12.0 Å². The molecule has 1 aliphatic rings. The molecule has 1 aromatic carbocycles. The lowest BCUT2D eigenvalue weighted by Crippen LogP contribution is -2.40. The summed E-state index contributed by atoms with van der Waals surface area (Å²) in [5.41, 5.74) is 1.13. The number of benzene rings is 1. The summed E-state index contributed by atoms with van der Waals surface area (Å²) in [5, 5.41) is 0.450. The van der Waals surface area contributed by atoms with E-state index >= 15 is 0 Å². The molecule has 35 heavy (non-hydrogen) atoms. The molecule has 3 heterocycles. The number of ether oxygens (including phenoxy) is 2. The van der Waals surface area contributed by atoms with Crippen molar-refractivity contribution in [2.24, 2.45) is 4.99 Å². The van der Waals surface area contributed by atoms with E-state index in [2.05, 4.69) is 31.9 Å². The van der Waals surface area contributed by atoms with E-state index in [1.807, 2.05) is 6.92 Å². The number of nitrogens with zero attached hydrogens (tertiary/aromatic N) is 2. The molecule has 11 heteroatoms. The lowest BCUT2D eigenvalue weighted by molar-refractivity contribution is -0.139. The van der Waals surface area contributed by atoms with E-state index in [0.29, 0.717) is 53.8 Å². The number of rotatable bonds is 7. The van der Waals surface area contributed by atoms with Gasteiger partial charge in [0.25, 0.3) is 5.56 Å². The molecule has 1 atom stereocenters. The van der Waals surface area contributed by atoms with Crippen LogP contribution in [0.1, 0.15) is 44.1 Å². The van der Waals surface area contributed by atoms with Crippen LogP contribution in [0, 0.1) is 0 Å². The van der Waals surface area contributed by atoms with Crippen LogP contribution < -0.4 is 19.6 Å². The summed E-state index contributed by atoms with van der Waals surface area (Å²) < 4.78 is 19.8. The van der Waals surface area contributed by atoms with Crippen molar-refractivity contribution in [3.8, 4) is 5.75 Å². The Bertz CT molecular complexity index is 1490. The van der Waals surface area contributed by atoms with Gasteiger partial charge in [-0.25, -0.2) is 9.79 Å². The van der Waals surface area contributed by atoms with E-state index in [1.54, 1.807) is 37.3 Å². The summed E-state index contributed by atoms with van der Waals surface area (Å²) in [7, 11) is 1.53. The van der Waals surface area contributed by atoms with Crippen molar-refractivity contribution in [1.29, 1.82) is 0 Å². The van der Waals surface area contributed by atoms with Gasteiger partial charge in [0.05, 0.1) is 34.0 Å². The van der Waals surface area contributed by atoms with Crippen LogP contribution in [0.5, 0.6) is 5.75 Å². The minimum atomic E-state index is -0.822. The maximum atomic E-state index is 13.7. The molecule has 3 aromatic rings. The number of carbonyl (C=O) groups is 1. The maximum absolute atomic E-state index is 13.7. The third kappa shape index (κ3) is 5.07. The van der Waals surface area contributed by atoms with Crippen molar-refractivity contribution in [3.05, 3.63) is 80.7 Å². The second kappa shape index (κ2) is 10.9. The Morgan fingerprint density at radius 2 is 2.09 bits per heavy atom. The molecule has 0 saturated carbocycles. The van der Waals surface area contributed by atoms with Gasteiger partial charge in [-0.05, 0) is 69.5 Å². The number of hydrogen-bond acceptors (Lipinski definition) is 7. The van der Waals surface area contributed by atoms with Crippen LogP contribution in [0.2, 0.25) is 5.02 Å². The van der Waals surface area contributed by atoms with Gasteiger partial charge in [-0.1, -0.05) is 36.3 Å². The fourth-order valence-electron chi connectivity index (χ4n) is 3.90. The van der Waals surface area contributed by atoms with Crippen LogP contribution in [0.15, 0.2) is 58.9 Å².